The number of rotatable bonds is 6. The molecule has 0 spiro atoms. The molecule has 0 unspecified atom stereocenters. The number of nitrogens with zero attached hydrogens (tertiary/aromatic N) is 4. The highest BCUT2D eigenvalue weighted by atomic mass is 35.5. The highest BCUT2D eigenvalue weighted by Crippen LogP contribution is 2.34. The van der Waals surface area contributed by atoms with Crippen LogP contribution in [0.15, 0.2) is 12.4 Å². The molecule has 0 bridgehead atoms. The van der Waals surface area contributed by atoms with Gasteiger partial charge in [0.15, 0.2) is 0 Å². The smallest absolute Gasteiger partial charge is 0.203 e. The van der Waals surface area contributed by atoms with Gasteiger partial charge in [-0.1, -0.05) is 11.3 Å². The summed E-state index contributed by atoms with van der Waals surface area (Å²) in [6.45, 7) is 0.833. The Morgan fingerprint density at radius 2 is 2.00 bits per heavy atom. The molecule has 5 N–H and O–H groups in total. The Bertz CT molecular complexity index is 604. The van der Waals surface area contributed by atoms with Gasteiger partial charge >= 0.3 is 0 Å². The van der Waals surface area contributed by atoms with Crippen LogP contribution in [0.1, 0.15) is 35.9 Å². The predicted octanol–water partition coefficient (Wildman–Crippen LogP) is 2.00. The lowest BCUT2D eigenvalue weighted by molar-refractivity contribution is 0.345. The molecule has 0 amide bonds. The lowest BCUT2D eigenvalue weighted by Crippen LogP contribution is -2.35. The summed E-state index contributed by atoms with van der Waals surface area (Å²) in [6.07, 6.45) is 5.50. The standard InChI is InChI=1S/C13H19N7S.2ClH/c14-9-4-8(5-9)10-6-11(18-7-17-10)16-3-1-2-12-19-20-13(15)21-12;;/h6-9H,1-5,14H2,(H2,15,20)(H,16,17,18);2*1H. The molecule has 1 fully saturated rings. The van der Waals surface area contributed by atoms with Crippen molar-refractivity contribution in [3.05, 3.63) is 23.1 Å². The third-order valence-corrected chi connectivity index (χ3v) is 4.45. The van der Waals surface area contributed by atoms with Crippen molar-refractivity contribution in [2.75, 3.05) is 17.6 Å². The quantitative estimate of drug-likeness (QED) is 0.659. The first-order valence-corrected chi connectivity index (χ1v) is 7.91. The van der Waals surface area contributed by atoms with Crippen LogP contribution in [0.25, 0.3) is 0 Å². The van der Waals surface area contributed by atoms with Crippen molar-refractivity contribution in [1.29, 1.82) is 0 Å². The molecule has 2 aromatic heterocycles. The third kappa shape index (κ3) is 5.42. The van der Waals surface area contributed by atoms with E-state index in [-0.39, 0.29) is 24.8 Å². The molecule has 0 saturated heterocycles. The maximum Gasteiger partial charge on any atom is 0.203 e. The molecule has 0 radical (unpaired) electrons. The van der Waals surface area contributed by atoms with Crippen LogP contribution in [0.4, 0.5) is 10.9 Å². The Morgan fingerprint density at radius 1 is 1.22 bits per heavy atom. The predicted molar refractivity (Wildman–Crippen MR) is 97.6 cm³/mol. The van der Waals surface area contributed by atoms with Gasteiger partial charge in [0.1, 0.15) is 17.2 Å². The molecule has 2 aromatic rings. The van der Waals surface area contributed by atoms with Crippen molar-refractivity contribution in [1.82, 2.24) is 20.2 Å². The Labute approximate surface area is 151 Å². The average Bonchev–Trinajstić information content (AvgIpc) is 2.86. The van der Waals surface area contributed by atoms with Gasteiger partial charge < -0.3 is 16.8 Å². The molecule has 23 heavy (non-hydrogen) atoms. The van der Waals surface area contributed by atoms with E-state index < -0.39 is 0 Å². The van der Waals surface area contributed by atoms with Crippen molar-refractivity contribution >= 4 is 47.1 Å². The lowest BCUT2D eigenvalue weighted by atomic mass is 9.79. The molecular formula is C13H21Cl2N7S. The molecule has 2 heterocycles. The van der Waals surface area contributed by atoms with E-state index in [9.17, 15) is 0 Å². The zero-order valence-corrected chi connectivity index (χ0v) is 15.0. The van der Waals surface area contributed by atoms with E-state index in [0.29, 0.717) is 17.1 Å². The molecule has 0 aromatic carbocycles. The summed E-state index contributed by atoms with van der Waals surface area (Å²) in [5.41, 5.74) is 12.5. The van der Waals surface area contributed by atoms with Gasteiger partial charge in [0.2, 0.25) is 5.13 Å². The van der Waals surface area contributed by atoms with Crippen LogP contribution in [0.2, 0.25) is 0 Å². The van der Waals surface area contributed by atoms with Crippen molar-refractivity contribution in [3.63, 3.8) is 0 Å². The normalized spacial score (nSPS) is 19.2. The van der Waals surface area contributed by atoms with Crippen LogP contribution in [0.5, 0.6) is 0 Å². The summed E-state index contributed by atoms with van der Waals surface area (Å²) in [4.78, 5) is 8.59. The monoisotopic (exact) mass is 377 g/mol. The highest BCUT2D eigenvalue weighted by molar-refractivity contribution is 7.15. The molecule has 1 aliphatic rings. The summed E-state index contributed by atoms with van der Waals surface area (Å²) in [7, 11) is 0. The van der Waals surface area contributed by atoms with Gasteiger partial charge in [0.05, 0.1) is 0 Å². The molecule has 10 heteroatoms. The van der Waals surface area contributed by atoms with Gasteiger partial charge in [-0.3, -0.25) is 0 Å². The zero-order chi connectivity index (χ0) is 14.7. The van der Waals surface area contributed by atoms with E-state index in [2.05, 4.69) is 25.5 Å². The first-order chi connectivity index (χ1) is 10.2. The van der Waals surface area contributed by atoms with E-state index in [1.54, 1.807) is 6.33 Å². The van der Waals surface area contributed by atoms with E-state index in [1.165, 1.54) is 11.3 Å². The van der Waals surface area contributed by atoms with E-state index in [1.807, 2.05) is 6.07 Å². The Morgan fingerprint density at radius 3 is 2.65 bits per heavy atom. The van der Waals surface area contributed by atoms with Gasteiger partial charge in [-0.05, 0) is 19.3 Å². The van der Waals surface area contributed by atoms with Gasteiger partial charge in [0.25, 0.3) is 0 Å². The van der Waals surface area contributed by atoms with Crippen LogP contribution >= 0.6 is 36.2 Å². The fourth-order valence-corrected chi connectivity index (χ4v) is 3.07. The van der Waals surface area contributed by atoms with Gasteiger partial charge in [-0.2, -0.15) is 0 Å². The zero-order valence-electron chi connectivity index (χ0n) is 12.5. The minimum atomic E-state index is 0. The van der Waals surface area contributed by atoms with E-state index in [4.69, 9.17) is 11.5 Å². The number of aromatic nitrogens is 4. The molecule has 1 aliphatic carbocycles. The third-order valence-electron chi connectivity index (χ3n) is 3.64. The maximum absolute atomic E-state index is 5.82. The Hall–Kier alpha value is -1.22. The number of aryl methyl sites for hydroxylation is 1. The van der Waals surface area contributed by atoms with Crippen LogP contribution < -0.4 is 16.8 Å². The second-order valence-electron chi connectivity index (χ2n) is 5.32. The summed E-state index contributed by atoms with van der Waals surface area (Å²) in [6, 6.07) is 2.36. The highest BCUT2D eigenvalue weighted by Gasteiger charge is 2.28. The van der Waals surface area contributed by atoms with Crippen LogP contribution in [-0.2, 0) is 6.42 Å². The van der Waals surface area contributed by atoms with Crippen molar-refractivity contribution < 1.29 is 0 Å². The minimum absolute atomic E-state index is 0. The summed E-state index contributed by atoms with van der Waals surface area (Å²) in [5, 5.41) is 12.6. The SMILES string of the molecule is Cl.Cl.Nc1nnc(CCCNc2cc(C3CC(N)C3)ncn2)s1. The molecule has 3 rings (SSSR count). The molecule has 1 saturated carbocycles. The average molecular weight is 378 g/mol. The fraction of sp³-hybridized carbons (Fsp3) is 0.538. The number of nitrogens with two attached hydrogens (primary N) is 2. The Kier molecular flexibility index (Phi) is 7.90. The molecular weight excluding hydrogens is 357 g/mol. The number of hydrogen-bond donors (Lipinski definition) is 3. The maximum atomic E-state index is 5.82. The van der Waals surface area contributed by atoms with Gasteiger partial charge in [0, 0.05) is 36.7 Å². The molecule has 7 nitrogen and oxygen atoms in total. The Balaban J connectivity index is 0.00000132. The van der Waals surface area contributed by atoms with Crippen LogP contribution in [0.3, 0.4) is 0 Å². The number of anilines is 2. The molecule has 0 aliphatic heterocycles. The number of nitrogen functional groups attached to an aromatic ring is 1. The number of halogens is 2. The largest absolute Gasteiger partial charge is 0.374 e. The topological polar surface area (TPSA) is 116 Å². The first-order valence-electron chi connectivity index (χ1n) is 7.10. The lowest BCUT2D eigenvalue weighted by Gasteiger charge is -2.31. The van der Waals surface area contributed by atoms with Crippen LogP contribution in [0, 0.1) is 0 Å². The van der Waals surface area contributed by atoms with Crippen molar-refractivity contribution in [3.8, 4) is 0 Å². The van der Waals surface area contributed by atoms with E-state index in [0.717, 1.165) is 48.7 Å². The van der Waals surface area contributed by atoms with Gasteiger partial charge in [-0.15, -0.1) is 35.0 Å². The van der Waals surface area contributed by atoms with Gasteiger partial charge in [-0.25, -0.2) is 9.97 Å². The van der Waals surface area contributed by atoms with E-state index >= 15 is 0 Å². The molecule has 128 valence electrons. The summed E-state index contributed by atoms with van der Waals surface area (Å²) in [5.74, 6) is 1.37. The fourth-order valence-electron chi connectivity index (χ4n) is 2.42. The summed E-state index contributed by atoms with van der Waals surface area (Å²) < 4.78 is 0. The summed E-state index contributed by atoms with van der Waals surface area (Å²) >= 11 is 1.44. The number of hydrogen-bond acceptors (Lipinski definition) is 8. The first kappa shape index (κ1) is 19.8. The van der Waals surface area contributed by atoms with Crippen molar-refractivity contribution in [2.24, 2.45) is 5.73 Å². The number of nitrogens with one attached hydrogen (secondary N) is 1. The van der Waals surface area contributed by atoms with Crippen molar-refractivity contribution in [2.45, 2.75) is 37.6 Å². The second-order valence-corrected chi connectivity index (χ2v) is 6.41. The molecule has 0 atom stereocenters. The minimum Gasteiger partial charge on any atom is -0.374 e. The second kappa shape index (κ2) is 9.17. The van der Waals surface area contributed by atoms with Crippen LogP contribution in [-0.4, -0.2) is 32.8 Å².